The highest BCUT2D eigenvalue weighted by molar-refractivity contribution is 6.10. The van der Waals surface area contributed by atoms with Crippen LogP contribution in [0.2, 0.25) is 0 Å². The number of hydrogen-bond acceptors (Lipinski definition) is 3. The molecule has 5 heteroatoms. The maximum Gasteiger partial charge on any atom is 0.193 e. The van der Waals surface area contributed by atoms with Gasteiger partial charge < -0.3 is 10.1 Å². The van der Waals surface area contributed by atoms with Gasteiger partial charge in [0.05, 0.1) is 11.0 Å². The molecule has 0 saturated heterocycles. The van der Waals surface area contributed by atoms with Crippen LogP contribution in [0, 0.1) is 5.82 Å². The minimum absolute atomic E-state index is 0.0770. The van der Waals surface area contributed by atoms with Crippen molar-refractivity contribution in [3.05, 3.63) is 101 Å². The van der Waals surface area contributed by atoms with Crippen molar-refractivity contribution >= 4 is 28.7 Å². The number of rotatable bonds is 4. The molecule has 132 valence electrons. The molecule has 0 aliphatic rings. The van der Waals surface area contributed by atoms with Crippen LogP contribution in [-0.2, 0) is 0 Å². The number of nitrogens with zero attached hydrogens (tertiary/aromatic N) is 1. The Hall–Kier alpha value is -3.73. The first-order chi connectivity index (χ1) is 13.1. The fourth-order valence-electron chi connectivity index (χ4n) is 2.86. The molecule has 27 heavy (non-hydrogen) atoms. The van der Waals surface area contributed by atoms with E-state index >= 15 is 0 Å². The summed E-state index contributed by atoms with van der Waals surface area (Å²) in [5.74, 6) is -0.196. The number of nitrogens with one attached hydrogen (secondary N) is 1. The number of aromatic amines is 1. The number of benzene rings is 3. The number of imidazole rings is 1. The highest BCUT2D eigenvalue weighted by atomic mass is 19.1. The van der Waals surface area contributed by atoms with Crippen molar-refractivity contribution in [2.45, 2.75) is 0 Å². The Morgan fingerprint density at radius 1 is 0.926 bits per heavy atom. The first kappa shape index (κ1) is 16.7. The smallest absolute Gasteiger partial charge is 0.193 e. The number of halogens is 1. The molecule has 0 amide bonds. The lowest BCUT2D eigenvalue weighted by atomic mass is 10.0. The van der Waals surface area contributed by atoms with Gasteiger partial charge in [0.2, 0.25) is 0 Å². The second kappa shape index (κ2) is 6.88. The lowest BCUT2D eigenvalue weighted by molar-refractivity contribution is 0.103. The number of aromatic nitrogens is 2. The summed E-state index contributed by atoms with van der Waals surface area (Å²) in [4.78, 5) is 20.0. The summed E-state index contributed by atoms with van der Waals surface area (Å²) in [5, 5.41) is 10.2. The second-order valence-electron chi connectivity index (χ2n) is 6.09. The molecule has 0 unspecified atom stereocenters. The van der Waals surface area contributed by atoms with Crippen LogP contribution >= 0.6 is 0 Å². The molecule has 1 aromatic heterocycles. The van der Waals surface area contributed by atoms with Crippen LogP contribution in [0.1, 0.15) is 27.3 Å². The Labute approximate surface area is 154 Å². The summed E-state index contributed by atoms with van der Waals surface area (Å²) in [7, 11) is 0. The molecule has 0 atom stereocenters. The Balaban J connectivity index is 1.67. The molecule has 4 nitrogen and oxygen atoms in total. The maximum atomic E-state index is 13.3. The quantitative estimate of drug-likeness (QED) is 0.399. The number of carbonyl (C=O) groups excluding carboxylic acids is 1. The van der Waals surface area contributed by atoms with Crippen LogP contribution in [-0.4, -0.2) is 20.9 Å². The summed E-state index contributed by atoms with van der Waals surface area (Å²) < 4.78 is 13.3. The van der Waals surface area contributed by atoms with E-state index in [0.717, 1.165) is 0 Å². The van der Waals surface area contributed by atoms with E-state index in [1.807, 2.05) is 18.2 Å². The summed E-state index contributed by atoms with van der Waals surface area (Å²) in [6.45, 7) is 0. The molecule has 0 fully saturated rings. The fourth-order valence-corrected chi connectivity index (χ4v) is 2.86. The van der Waals surface area contributed by atoms with Gasteiger partial charge in [-0.1, -0.05) is 42.5 Å². The molecule has 0 aliphatic heterocycles. The first-order valence-electron chi connectivity index (χ1n) is 8.36. The monoisotopic (exact) mass is 358 g/mol. The summed E-state index contributed by atoms with van der Waals surface area (Å²) in [6, 6.07) is 19.9. The van der Waals surface area contributed by atoms with Gasteiger partial charge in [0.15, 0.2) is 5.78 Å². The van der Waals surface area contributed by atoms with Crippen molar-refractivity contribution in [3.8, 4) is 0 Å². The van der Waals surface area contributed by atoms with Crippen molar-refractivity contribution < 1.29 is 14.3 Å². The zero-order valence-corrected chi connectivity index (χ0v) is 14.2. The third-order valence-corrected chi connectivity index (χ3v) is 4.19. The predicted molar refractivity (Wildman–Crippen MR) is 103 cm³/mol. The van der Waals surface area contributed by atoms with Crippen molar-refractivity contribution in [2.75, 3.05) is 0 Å². The van der Waals surface area contributed by atoms with Crippen LogP contribution in [0.25, 0.3) is 22.9 Å². The van der Waals surface area contributed by atoms with Gasteiger partial charge in [-0.25, -0.2) is 9.37 Å². The number of carbonyl (C=O) groups is 1. The highest BCUT2D eigenvalue weighted by Crippen LogP contribution is 2.20. The average molecular weight is 358 g/mol. The van der Waals surface area contributed by atoms with Gasteiger partial charge in [-0.15, -0.1) is 0 Å². The van der Waals surface area contributed by atoms with Crippen LogP contribution in [0.15, 0.2) is 72.8 Å². The number of H-pyrrole nitrogens is 1. The van der Waals surface area contributed by atoms with Crippen LogP contribution in [0.4, 0.5) is 4.39 Å². The molecule has 2 N–H and O–H groups in total. The maximum absolute atomic E-state index is 13.3. The standard InChI is InChI=1S/C22H15FN2O2/c23-17-8-4-7-15(11-17)20(26)13-21-24-18-10-9-16(12-19(18)25-21)22(27)14-5-2-1-3-6-14/h1-13,26H,(H,24,25). The zero-order valence-electron chi connectivity index (χ0n) is 14.2. The van der Waals surface area contributed by atoms with E-state index in [-0.39, 0.29) is 11.5 Å². The Kier molecular flexibility index (Phi) is 4.26. The van der Waals surface area contributed by atoms with Crippen molar-refractivity contribution in [1.29, 1.82) is 0 Å². The molecule has 1 heterocycles. The minimum Gasteiger partial charge on any atom is -0.507 e. The van der Waals surface area contributed by atoms with Crippen molar-refractivity contribution in [2.24, 2.45) is 0 Å². The minimum atomic E-state index is -0.430. The highest BCUT2D eigenvalue weighted by Gasteiger charge is 2.11. The van der Waals surface area contributed by atoms with Crippen LogP contribution < -0.4 is 0 Å². The molecule has 0 aliphatic carbocycles. The lowest BCUT2D eigenvalue weighted by Gasteiger charge is -2.00. The second-order valence-corrected chi connectivity index (χ2v) is 6.09. The topological polar surface area (TPSA) is 66.0 Å². The Bertz CT molecular complexity index is 1160. The lowest BCUT2D eigenvalue weighted by Crippen LogP contribution is -2.00. The van der Waals surface area contributed by atoms with Crippen molar-refractivity contribution in [3.63, 3.8) is 0 Å². The molecule has 4 rings (SSSR count). The van der Waals surface area contributed by atoms with Gasteiger partial charge in [-0.05, 0) is 30.3 Å². The van der Waals surface area contributed by atoms with E-state index in [2.05, 4.69) is 9.97 Å². The molecular weight excluding hydrogens is 343 g/mol. The van der Waals surface area contributed by atoms with E-state index in [9.17, 15) is 14.3 Å². The van der Waals surface area contributed by atoms with Gasteiger partial charge in [-0.2, -0.15) is 0 Å². The van der Waals surface area contributed by atoms with E-state index in [1.54, 1.807) is 36.4 Å². The number of aliphatic hydroxyl groups is 1. The van der Waals surface area contributed by atoms with Gasteiger partial charge in [0.1, 0.15) is 17.4 Å². The number of fused-ring (bicyclic) bond motifs is 1. The van der Waals surface area contributed by atoms with Gasteiger partial charge in [0.25, 0.3) is 0 Å². The van der Waals surface area contributed by atoms with Gasteiger partial charge >= 0.3 is 0 Å². The normalized spacial score (nSPS) is 11.7. The number of aliphatic hydroxyl groups excluding tert-OH is 1. The molecular formula is C22H15FN2O2. The van der Waals surface area contributed by atoms with Gasteiger partial charge in [-0.3, -0.25) is 4.79 Å². The Morgan fingerprint density at radius 2 is 1.70 bits per heavy atom. The average Bonchev–Trinajstić information content (AvgIpc) is 3.09. The summed E-state index contributed by atoms with van der Waals surface area (Å²) >= 11 is 0. The molecule has 0 radical (unpaired) electrons. The van der Waals surface area contributed by atoms with E-state index < -0.39 is 5.82 Å². The fraction of sp³-hybridized carbons (Fsp3) is 0. The van der Waals surface area contributed by atoms with E-state index in [4.69, 9.17) is 0 Å². The first-order valence-corrected chi connectivity index (χ1v) is 8.36. The number of hydrogen-bond donors (Lipinski definition) is 2. The zero-order chi connectivity index (χ0) is 18.8. The number of ketones is 1. The summed E-state index contributed by atoms with van der Waals surface area (Å²) in [6.07, 6.45) is 1.42. The van der Waals surface area contributed by atoms with Crippen molar-refractivity contribution in [1.82, 2.24) is 9.97 Å². The molecule has 0 saturated carbocycles. The van der Waals surface area contributed by atoms with E-state index in [0.29, 0.717) is 33.5 Å². The van der Waals surface area contributed by atoms with E-state index in [1.165, 1.54) is 24.3 Å². The SMILES string of the molecule is O=C(c1ccccc1)c1ccc2nc(C=C(O)c3cccc(F)c3)[nH]c2c1. The third kappa shape index (κ3) is 3.48. The molecule has 0 spiro atoms. The third-order valence-electron chi connectivity index (χ3n) is 4.19. The predicted octanol–water partition coefficient (Wildman–Crippen LogP) is 4.99. The molecule has 4 aromatic rings. The van der Waals surface area contributed by atoms with Gasteiger partial charge in [0, 0.05) is 22.8 Å². The van der Waals surface area contributed by atoms with Crippen LogP contribution in [0.3, 0.4) is 0 Å². The molecule has 0 bridgehead atoms. The molecule has 3 aromatic carbocycles. The Morgan fingerprint density at radius 3 is 2.48 bits per heavy atom. The largest absolute Gasteiger partial charge is 0.507 e. The van der Waals surface area contributed by atoms with Crippen LogP contribution in [0.5, 0.6) is 0 Å². The summed E-state index contributed by atoms with van der Waals surface area (Å²) in [5.41, 5.74) is 2.85.